The lowest BCUT2D eigenvalue weighted by Gasteiger charge is -2.44. The molecule has 1 aliphatic heterocycles. The van der Waals surface area contributed by atoms with E-state index in [9.17, 15) is 0 Å². The second-order valence-corrected chi connectivity index (χ2v) is 7.44. The standard InChI is InChI=1S/C20H22N2O2/c1-19(2)12-20(24-23-14-19,13-22-11-10-21-15-22)18-9-5-7-16-6-3-4-8-17(16)18/h3-11,15H,12-14H2,1-2H3. The largest absolute Gasteiger partial charge is 0.334 e. The molecule has 4 nitrogen and oxygen atoms in total. The van der Waals surface area contributed by atoms with Crippen molar-refractivity contribution in [2.24, 2.45) is 5.41 Å². The van der Waals surface area contributed by atoms with Gasteiger partial charge in [-0.2, -0.15) is 0 Å². The van der Waals surface area contributed by atoms with Gasteiger partial charge in [-0.15, -0.1) is 0 Å². The molecule has 2 heterocycles. The lowest BCUT2D eigenvalue weighted by molar-refractivity contribution is -0.413. The van der Waals surface area contributed by atoms with Gasteiger partial charge in [0, 0.05) is 12.4 Å². The molecule has 1 unspecified atom stereocenters. The molecular weight excluding hydrogens is 300 g/mol. The summed E-state index contributed by atoms with van der Waals surface area (Å²) in [5, 5.41) is 2.42. The van der Waals surface area contributed by atoms with Crippen LogP contribution in [0.4, 0.5) is 0 Å². The number of hydrogen-bond donors (Lipinski definition) is 0. The Morgan fingerprint density at radius 2 is 1.96 bits per heavy atom. The van der Waals surface area contributed by atoms with Crippen molar-refractivity contribution in [1.29, 1.82) is 0 Å². The minimum Gasteiger partial charge on any atom is -0.334 e. The van der Waals surface area contributed by atoms with Crippen molar-refractivity contribution in [1.82, 2.24) is 9.55 Å². The zero-order valence-electron chi connectivity index (χ0n) is 14.1. The number of benzene rings is 2. The first kappa shape index (κ1) is 15.4. The van der Waals surface area contributed by atoms with Gasteiger partial charge >= 0.3 is 0 Å². The van der Waals surface area contributed by atoms with E-state index in [0.29, 0.717) is 13.2 Å². The summed E-state index contributed by atoms with van der Waals surface area (Å²) in [7, 11) is 0. The fourth-order valence-electron chi connectivity index (χ4n) is 3.76. The summed E-state index contributed by atoms with van der Waals surface area (Å²) >= 11 is 0. The maximum absolute atomic E-state index is 6.02. The van der Waals surface area contributed by atoms with Crippen LogP contribution in [0, 0.1) is 5.41 Å². The Kier molecular flexibility index (Phi) is 3.66. The Bertz CT molecular complexity index is 836. The van der Waals surface area contributed by atoms with Crippen LogP contribution in [0.5, 0.6) is 0 Å². The highest BCUT2D eigenvalue weighted by Gasteiger charge is 2.45. The molecule has 2 aromatic carbocycles. The van der Waals surface area contributed by atoms with Crippen LogP contribution in [0.25, 0.3) is 10.8 Å². The Morgan fingerprint density at radius 1 is 1.12 bits per heavy atom. The second kappa shape index (κ2) is 5.72. The van der Waals surface area contributed by atoms with E-state index in [0.717, 1.165) is 6.42 Å². The molecule has 1 atom stereocenters. The minimum absolute atomic E-state index is 0.0375. The van der Waals surface area contributed by atoms with E-state index < -0.39 is 5.60 Å². The van der Waals surface area contributed by atoms with E-state index in [4.69, 9.17) is 9.78 Å². The highest BCUT2D eigenvalue weighted by Crippen LogP contribution is 2.45. The van der Waals surface area contributed by atoms with Gasteiger partial charge in [-0.05, 0) is 28.2 Å². The Morgan fingerprint density at radius 3 is 2.75 bits per heavy atom. The van der Waals surface area contributed by atoms with Crippen molar-refractivity contribution in [3.63, 3.8) is 0 Å². The highest BCUT2D eigenvalue weighted by atomic mass is 17.2. The van der Waals surface area contributed by atoms with Gasteiger partial charge in [0.05, 0.1) is 19.5 Å². The third-order valence-electron chi connectivity index (χ3n) is 4.71. The number of hydrogen-bond acceptors (Lipinski definition) is 3. The van der Waals surface area contributed by atoms with Crippen molar-refractivity contribution < 1.29 is 9.78 Å². The van der Waals surface area contributed by atoms with Gasteiger partial charge in [-0.1, -0.05) is 56.3 Å². The summed E-state index contributed by atoms with van der Waals surface area (Å²) in [4.78, 5) is 15.8. The average molecular weight is 322 g/mol. The van der Waals surface area contributed by atoms with E-state index >= 15 is 0 Å². The number of nitrogens with zero attached hydrogens (tertiary/aromatic N) is 2. The lowest BCUT2D eigenvalue weighted by Crippen LogP contribution is -2.45. The summed E-state index contributed by atoms with van der Waals surface area (Å²) in [5.41, 5.74) is 0.668. The molecule has 1 aromatic heterocycles. The normalized spacial score (nSPS) is 23.4. The van der Waals surface area contributed by atoms with Gasteiger partial charge < -0.3 is 4.57 Å². The molecule has 0 aliphatic carbocycles. The zero-order valence-corrected chi connectivity index (χ0v) is 14.1. The molecule has 1 aliphatic rings. The van der Waals surface area contributed by atoms with Gasteiger partial charge in [0.2, 0.25) is 0 Å². The van der Waals surface area contributed by atoms with E-state index in [2.05, 4.69) is 65.9 Å². The fraction of sp³-hybridized carbons (Fsp3) is 0.350. The number of aromatic nitrogens is 2. The van der Waals surface area contributed by atoms with Crippen LogP contribution in [0.15, 0.2) is 61.2 Å². The van der Waals surface area contributed by atoms with Crippen LogP contribution in [0.1, 0.15) is 25.8 Å². The predicted molar refractivity (Wildman–Crippen MR) is 93.3 cm³/mol. The van der Waals surface area contributed by atoms with Gasteiger partial charge in [-0.3, -0.25) is 0 Å². The van der Waals surface area contributed by atoms with E-state index in [1.54, 1.807) is 6.20 Å². The zero-order chi connectivity index (χ0) is 16.6. The van der Waals surface area contributed by atoms with Crippen molar-refractivity contribution in [2.45, 2.75) is 32.4 Å². The molecule has 4 heteroatoms. The van der Waals surface area contributed by atoms with E-state index in [-0.39, 0.29) is 5.41 Å². The minimum atomic E-state index is -0.538. The van der Waals surface area contributed by atoms with Gasteiger partial charge in [-0.25, -0.2) is 14.8 Å². The predicted octanol–water partition coefficient (Wildman–Crippen LogP) is 4.31. The first-order valence-electron chi connectivity index (χ1n) is 8.33. The van der Waals surface area contributed by atoms with Gasteiger partial charge in [0.25, 0.3) is 0 Å². The maximum atomic E-state index is 6.02. The summed E-state index contributed by atoms with van der Waals surface area (Å²) in [6, 6.07) is 14.8. The summed E-state index contributed by atoms with van der Waals surface area (Å²) < 4.78 is 2.06. The Hall–Kier alpha value is -2.17. The molecular formula is C20H22N2O2. The second-order valence-electron chi connectivity index (χ2n) is 7.44. The molecule has 0 saturated carbocycles. The highest BCUT2D eigenvalue weighted by molar-refractivity contribution is 5.86. The average Bonchev–Trinajstić information content (AvgIpc) is 3.06. The molecule has 3 aromatic rings. The number of rotatable bonds is 3. The molecule has 0 radical (unpaired) electrons. The molecule has 0 N–H and O–H groups in total. The van der Waals surface area contributed by atoms with Crippen LogP contribution in [0.3, 0.4) is 0 Å². The third-order valence-corrected chi connectivity index (χ3v) is 4.71. The molecule has 0 amide bonds. The van der Waals surface area contributed by atoms with Crippen LogP contribution < -0.4 is 0 Å². The quantitative estimate of drug-likeness (QED) is 0.674. The summed E-state index contributed by atoms with van der Waals surface area (Å²) in [6.07, 6.45) is 6.48. The van der Waals surface area contributed by atoms with Gasteiger partial charge in [0.15, 0.2) is 0 Å². The lowest BCUT2D eigenvalue weighted by atomic mass is 9.75. The topological polar surface area (TPSA) is 36.3 Å². The third kappa shape index (κ3) is 2.72. The monoisotopic (exact) mass is 322 g/mol. The van der Waals surface area contributed by atoms with E-state index in [1.807, 2.05) is 12.5 Å². The van der Waals surface area contributed by atoms with Gasteiger partial charge in [0.1, 0.15) is 5.60 Å². The fourth-order valence-corrected chi connectivity index (χ4v) is 3.76. The van der Waals surface area contributed by atoms with Crippen LogP contribution >= 0.6 is 0 Å². The number of fused-ring (bicyclic) bond motifs is 1. The first-order chi connectivity index (χ1) is 11.6. The molecule has 4 rings (SSSR count). The van der Waals surface area contributed by atoms with Crippen molar-refractivity contribution in [2.75, 3.05) is 6.61 Å². The van der Waals surface area contributed by atoms with Crippen LogP contribution in [-0.2, 0) is 21.9 Å². The molecule has 0 spiro atoms. The van der Waals surface area contributed by atoms with Crippen molar-refractivity contribution in [3.05, 3.63) is 66.7 Å². The van der Waals surface area contributed by atoms with E-state index in [1.165, 1.54) is 16.3 Å². The molecule has 24 heavy (non-hydrogen) atoms. The maximum Gasteiger partial charge on any atom is 0.147 e. The summed E-state index contributed by atoms with van der Waals surface area (Å²) in [5.74, 6) is 0. The smallest absolute Gasteiger partial charge is 0.147 e. The summed E-state index contributed by atoms with van der Waals surface area (Å²) in [6.45, 7) is 5.72. The van der Waals surface area contributed by atoms with Crippen molar-refractivity contribution in [3.8, 4) is 0 Å². The molecule has 1 saturated heterocycles. The Labute approximate surface area is 142 Å². The van der Waals surface area contributed by atoms with Crippen LogP contribution in [-0.4, -0.2) is 16.2 Å². The van der Waals surface area contributed by atoms with Crippen molar-refractivity contribution >= 4 is 10.8 Å². The molecule has 124 valence electrons. The number of imidazole rings is 1. The molecule has 0 bridgehead atoms. The SMILES string of the molecule is CC1(C)COOC(Cn2ccnc2)(c2cccc3ccccc23)C1. The Balaban J connectivity index is 1.88. The van der Waals surface area contributed by atoms with Crippen LogP contribution in [0.2, 0.25) is 0 Å². The first-order valence-corrected chi connectivity index (χ1v) is 8.33. The molecule has 1 fully saturated rings.